The van der Waals surface area contributed by atoms with Gasteiger partial charge in [0, 0.05) is 37.3 Å². The van der Waals surface area contributed by atoms with Gasteiger partial charge in [-0.15, -0.1) is 0 Å². The van der Waals surface area contributed by atoms with Gasteiger partial charge >= 0.3 is 0 Å². The van der Waals surface area contributed by atoms with Gasteiger partial charge in [-0.05, 0) is 33.1 Å². The van der Waals surface area contributed by atoms with Gasteiger partial charge in [-0.3, -0.25) is 4.90 Å². The van der Waals surface area contributed by atoms with E-state index >= 15 is 0 Å². The Balaban J connectivity index is 2.00. The average Bonchev–Trinajstić information content (AvgIpc) is 2.33. The van der Waals surface area contributed by atoms with Crippen LogP contribution in [0.5, 0.6) is 0 Å². The highest BCUT2D eigenvalue weighted by molar-refractivity contribution is 4.96. The van der Waals surface area contributed by atoms with Crippen molar-refractivity contribution < 1.29 is 4.74 Å². The largest absolute Gasteiger partial charge is 0.380 e. The lowest BCUT2D eigenvalue weighted by Gasteiger charge is -2.51. The van der Waals surface area contributed by atoms with Crippen LogP contribution in [-0.2, 0) is 4.74 Å². The molecule has 1 N–H and O–H groups in total. The number of piperazine rings is 1. The second-order valence-electron chi connectivity index (χ2n) is 6.05. The predicted molar refractivity (Wildman–Crippen MR) is 71.3 cm³/mol. The molecule has 0 amide bonds. The average molecular weight is 240 g/mol. The van der Waals surface area contributed by atoms with Crippen LogP contribution >= 0.6 is 0 Å². The first-order valence-electron chi connectivity index (χ1n) is 7.23. The Morgan fingerprint density at radius 1 is 1.47 bits per heavy atom. The second-order valence-corrected chi connectivity index (χ2v) is 6.05. The summed E-state index contributed by atoms with van der Waals surface area (Å²) in [5.74, 6) is 0. The van der Waals surface area contributed by atoms with E-state index in [9.17, 15) is 0 Å². The van der Waals surface area contributed by atoms with Crippen LogP contribution in [0.15, 0.2) is 0 Å². The van der Waals surface area contributed by atoms with Gasteiger partial charge < -0.3 is 10.1 Å². The molecule has 3 atom stereocenters. The van der Waals surface area contributed by atoms with Crippen molar-refractivity contribution in [3.05, 3.63) is 0 Å². The Bertz CT molecular complexity index is 238. The maximum Gasteiger partial charge on any atom is 0.0647 e. The molecule has 2 aliphatic heterocycles. The molecule has 0 aromatic rings. The third-order valence-corrected chi connectivity index (χ3v) is 4.40. The van der Waals surface area contributed by atoms with Crippen molar-refractivity contribution >= 4 is 0 Å². The lowest BCUT2D eigenvalue weighted by Crippen LogP contribution is -2.64. The fraction of sp³-hybridized carbons (Fsp3) is 1.00. The predicted octanol–water partition coefficient (Wildman–Crippen LogP) is 2.02. The molecule has 3 heteroatoms. The minimum atomic E-state index is 0.270. The maximum atomic E-state index is 5.72. The molecular formula is C14H28N2O. The molecule has 2 heterocycles. The third-order valence-electron chi connectivity index (χ3n) is 4.40. The summed E-state index contributed by atoms with van der Waals surface area (Å²) in [5.41, 5.74) is 0.270. The fourth-order valence-corrected chi connectivity index (χ4v) is 3.37. The van der Waals surface area contributed by atoms with Crippen molar-refractivity contribution in [2.45, 2.75) is 64.1 Å². The first kappa shape index (κ1) is 13.3. The van der Waals surface area contributed by atoms with Crippen molar-refractivity contribution in [1.29, 1.82) is 0 Å². The Kier molecular flexibility index (Phi) is 4.45. The van der Waals surface area contributed by atoms with Gasteiger partial charge in [-0.25, -0.2) is 0 Å². The molecule has 0 aromatic heterocycles. The van der Waals surface area contributed by atoms with E-state index in [1.54, 1.807) is 0 Å². The van der Waals surface area contributed by atoms with Gasteiger partial charge in [0.2, 0.25) is 0 Å². The second kappa shape index (κ2) is 5.68. The molecule has 2 fully saturated rings. The van der Waals surface area contributed by atoms with E-state index < -0.39 is 0 Å². The summed E-state index contributed by atoms with van der Waals surface area (Å²) in [7, 11) is 0. The number of hydrogen-bond donors (Lipinski definition) is 1. The number of nitrogens with one attached hydrogen (secondary N) is 1. The molecule has 0 aromatic carbocycles. The van der Waals surface area contributed by atoms with Crippen molar-refractivity contribution in [3.63, 3.8) is 0 Å². The van der Waals surface area contributed by atoms with Crippen LogP contribution in [-0.4, -0.2) is 48.8 Å². The summed E-state index contributed by atoms with van der Waals surface area (Å²) in [6.07, 6.45) is 5.06. The van der Waals surface area contributed by atoms with Gasteiger partial charge in [0.25, 0.3) is 0 Å². The van der Waals surface area contributed by atoms with E-state index in [1.807, 2.05) is 0 Å². The molecule has 0 saturated carbocycles. The standard InChI is InChI=1S/C14H28N2O/c1-4-6-13-10-16(12(2)9-15-13)14(3)7-5-8-17-11-14/h12-13,15H,4-11H2,1-3H3. The highest BCUT2D eigenvalue weighted by atomic mass is 16.5. The van der Waals surface area contributed by atoms with Crippen LogP contribution in [0.3, 0.4) is 0 Å². The van der Waals surface area contributed by atoms with E-state index in [4.69, 9.17) is 4.74 Å². The highest BCUT2D eigenvalue weighted by Crippen LogP contribution is 2.29. The van der Waals surface area contributed by atoms with Gasteiger partial charge in [0.05, 0.1) is 6.61 Å². The van der Waals surface area contributed by atoms with Crippen LogP contribution in [0.1, 0.15) is 46.5 Å². The molecule has 17 heavy (non-hydrogen) atoms. The molecule has 3 nitrogen and oxygen atoms in total. The zero-order valence-corrected chi connectivity index (χ0v) is 11.7. The summed E-state index contributed by atoms with van der Waals surface area (Å²) in [6, 6.07) is 1.31. The van der Waals surface area contributed by atoms with Crippen LogP contribution in [0.4, 0.5) is 0 Å². The topological polar surface area (TPSA) is 24.5 Å². The normalized spacial score (nSPS) is 40.4. The van der Waals surface area contributed by atoms with Crippen molar-refractivity contribution in [3.8, 4) is 0 Å². The van der Waals surface area contributed by atoms with Crippen LogP contribution in [0.25, 0.3) is 0 Å². The highest BCUT2D eigenvalue weighted by Gasteiger charge is 2.39. The van der Waals surface area contributed by atoms with Crippen molar-refractivity contribution in [1.82, 2.24) is 10.2 Å². The molecule has 0 aliphatic carbocycles. The smallest absolute Gasteiger partial charge is 0.0647 e. The monoisotopic (exact) mass is 240 g/mol. The van der Waals surface area contributed by atoms with E-state index in [2.05, 4.69) is 31.0 Å². The minimum Gasteiger partial charge on any atom is -0.380 e. The van der Waals surface area contributed by atoms with Crippen molar-refractivity contribution in [2.75, 3.05) is 26.3 Å². The summed E-state index contributed by atoms with van der Waals surface area (Å²) in [6.45, 7) is 11.2. The maximum absolute atomic E-state index is 5.72. The first-order valence-corrected chi connectivity index (χ1v) is 7.23. The van der Waals surface area contributed by atoms with Crippen LogP contribution in [0.2, 0.25) is 0 Å². The van der Waals surface area contributed by atoms with Gasteiger partial charge in [-0.2, -0.15) is 0 Å². The third kappa shape index (κ3) is 3.01. The van der Waals surface area contributed by atoms with Crippen LogP contribution in [0, 0.1) is 0 Å². The SMILES string of the molecule is CCCC1CN(C2(C)CCCOC2)C(C)CN1. The number of rotatable bonds is 3. The van der Waals surface area contributed by atoms with E-state index in [-0.39, 0.29) is 5.54 Å². The summed E-state index contributed by atoms with van der Waals surface area (Å²) in [5, 5.41) is 3.67. The lowest BCUT2D eigenvalue weighted by molar-refractivity contribution is -0.0684. The Morgan fingerprint density at radius 2 is 2.29 bits per heavy atom. The number of hydrogen-bond acceptors (Lipinski definition) is 3. The van der Waals surface area contributed by atoms with Gasteiger partial charge in [-0.1, -0.05) is 13.3 Å². The first-order chi connectivity index (χ1) is 8.15. The summed E-state index contributed by atoms with van der Waals surface area (Å²) < 4.78 is 5.72. The van der Waals surface area contributed by atoms with Gasteiger partial charge in [0.1, 0.15) is 0 Å². The molecule has 2 saturated heterocycles. The summed E-state index contributed by atoms with van der Waals surface area (Å²) in [4.78, 5) is 2.70. The lowest BCUT2D eigenvalue weighted by atomic mass is 9.89. The van der Waals surface area contributed by atoms with Crippen molar-refractivity contribution in [2.24, 2.45) is 0 Å². The Morgan fingerprint density at radius 3 is 2.94 bits per heavy atom. The minimum absolute atomic E-state index is 0.270. The molecule has 2 aliphatic rings. The molecule has 100 valence electrons. The van der Waals surface area contributed by atoms with E-state index in [0.29, 0.717) is 12.1 Å². The number of nitrogens with zero attached hydrogens (tertiary/aromatic N) is 1. The Labute approximate surface area is 106 Å². The Hall–Kier alpha value is -0.120. The molecule has 0 radical (unpaired) electrons. The van der Waals surface area contributed by atoms with Gasteiger partial charge in [0.15, 0.2) is 0 Å². The summed E-state index contributed by atoms with van der Waals surface area (Å²) >= 11 is 0. The molecule has 2 rings (SSSR count). The molecule has 3 unspecified atom stereocenters. The molecular weight excluding hydrogens is 212 g/mol. The van der Waals surface area contributed by atoms with E-state index in [1.165, 1.54) is 32.2 Å². The zero-order chi connectivity index (χ0) is 12.3. The fourth-order valence-electron chi connectivity index (χ4n) is 3.37. The quantitative estimate of drug-likeness (QED) is 0.817. The molecule has 0 spiro atoms. The van der Waals surface area contributed by atoms with E-state index in [0.717, 1.165) is 19.8 Å². The number of ether oxygens (including phenoxy) is 1. The van der Waals surface area contributed by atoms with Crippen LogP contribution < -0.4 is 5.32 Å². The molecule has 0 bridgehead atoms. The zero-order valence-electron chi connectivity index (χ0n) is 11.7.